The molecule has 6 amide bonds. The topological polar surface area (TPSA) is 261 Å². The Kier molecular flexibility index (Phi) is 29.2. The van der Waals surface area contributed by atoms with Gasteiger partial charge in [-0.2, -0.15) is 0 Å². The van der Waals surface area contributed by atoms with E-state index in [9.17, 15) is 28.8 Å². The molecule has 18 aromatic rings. The lowest BCUT2D eigenvalue weighted by atomic mass is 10.1. The number of hydrogen-bond acceptors (Lipinski definition) is 16. The number of hydrogen-bond donors (Lipinski definition) is 6. The van der Waals surface area contributed by atoms with Gasteiger partial charge in [0.05, 0.1) is 87.6 Å². The number of rotatable bonds is 14. The second kappa shape index (κ2) is 41.4. The smallest absolute Gasteiger partial charge is 0.258 e. The van der Waals surface area contributed by atoms with Crippen LogP contribution in [0.2, 0.25) is 0 Å². The van der Waals surface area contributed by atoms with E-state index in [0.717, 1.165) is 154 Å². The summed E-state index contributed by atoms with van der Waals surface area (Å²) in [5.74, 6) is -0.00446. The van der Waals surface area contributed by atoms with E-state index in [1.54, 1.807) is 40.9 Å². The fraction of sp³-hybridized carbons (Fsp3) is 0.135. The summed E-state index contributed by atoms with van der Waals surface area (Å²) in [4.78, 5) is 104. The van der Waals surface area contributed by atoms with Crippen LogP contribution < -0.4 is 36.6 Å². The van der Waals surface area contributed by atoms with Crippen LogP contribution >= 0.6 is 34.0 Å². The fourth-order valence-electron chi connectivity index (χ4n) is 13.4. The fourth-order valence-corrected chi connectivity index (χ4v) is 15.8. The van der Waals surface area contributed by atoms with Crippen LogP contribution in [0.4, 0.5) is 32.1 Å². The minimum Gasteiger partial charge on any atom is -0.491 e. The van der Waals surface area contributed by atoms with Gasteiger partial charge in [0.1, 0.15) is 5.75 Å². The van der Waals surface area contributed by atoms with Crippen LogP contribution in [0.5, 0.6) is 5.75 Å². The Labute approximate surface area is 743 Å². The molecule has 22 heteroatoms. The molecule has 0 aliphatic carbocycles. The van der Waals surface area contributed by atoms with E-state index in [1.807, 2.05) is 362 Å². The van der Waals surface area contributed by atoms with Gasteiger partial charge in [-0.05, 0) is 258 Å². The Morgan fingerprint density at radius 2 is 0.548 bits per heavy atom. The highest BCUT2D eigenvalue weighted by molar-refractivity contribution is 7.16. The average molecular weight is 1720 g/mol. The lowest BCUT2D eigenvalue weighted by molar-refractivity contribution is 0.102. The molecule has 126 heavy (non-hydrogen) atoms. The van der Waals surface area contributed by atoms with Gasteiger partial charge in [0.2, 0.25) is 0 Å². The van der Waals surface area contributed by atoms with Gasteiger partial charge in [-0.15, -0.1) is 34.0 Å². The number of benzene rings is 9. The number of nitrogens with zero attached hydrogens (tertiary/aromatic N) is 6. The molecular formula is C104H94N12O7S3. The Hall–Kier alpha value is -14.8. The number of ether oxygens (including phenoxy) is 1. The molecule has 0 saturated heterocycles. The number of nitrogens with one attached hydrogen (secondary N) is 6. The summed E-state index contributed by atoms with van der Waals surface area (Å²) in [5, 5.41) is 28.0. The standard InChI is InChI=1S/C20H20N2O2.2C18H16N2O.3C16H14N2OS/c1-13(2)24-17-11-9-16(10-12-17)22-20(23)18-6-4-5-15-8-7-14(3)21-19(15)18;1-12-5-3-7-15(11-12)20-18(21)16-8-4-6-14-10-9-13(2)19-17(14)16;1-12-6-10-15(11-7-12)20-18(21)16-5-3-4-14-9-8-13(2)19-17(14)16;2*1-10-6-8-12-4-3-5-13(15(12)17-10)16(19)18-14-9-7-11(2)20-14;1-10-8-14(20-9-10)18-16(19)13-5-3-4-12-7-6-11(2)17-15(12)13/h4-13H,1-3H3,(H,22,23);2*3-11H,1-2H3,(H,20,21);3*3-9H,1-2H3,(H,18,19). The summed E-state index contributed by atoms with van der Waals surface area (Å²) >= 11 is 4.66. The summed E-state index contributed by atoms with van der Waals surface area (Å²) in [5.41, 5.74) is 19.2. The molecule has 0 unspecified atom stereocenters. The third kappa shape index (κ3) is 23.7. The molecule has 0 atom stereocenters. The molecule has 9 aromatic carbocycles. The van der Waals surface area contributed by atoms with Gasteiger partial charge in [-0.3, -0.25) is 58.7 Å². The molecule has 9 heterocycles. The largest absolute Gasteiger partial charge is 0.491 e. The highest BCUT2D eigenvalue weighted by Crippen LogP contribution is 2.30. The van der Waals surface area contributed by atoms with Crippen LogP contribution in [0.15, 0.2) is 290 Å². The molecule has 0 aliphatic heterocycles. The SMILES string of the molecule is Cc1ccc(NC(=O)c2cccc3ccc(C)nc23)cc1.Cc1ccc2cccc(C(=O)Nc3ccc(C)s3)c2n1.Cc1ccc2cccc(C(=O)Nc3ccc(C)s3)c2n1.Cc1ccc2cccc(C(=O)Nc3ccc(OC(C)C)cc3)c2n1.Cc1cccc(NC(=O)c2cccc3ccc(C)nc23)c1.Cc1csc(NC(=O)c2cccc3ccc(C)nc23)c1. The second-order valence-corrected chi connectivity index (χ2v) is 33.9. The Bertz CT molecular complexity index is 6720. The molecule has 0 aliphatic rings. The Balaban J connectivity index is 0.000000130. The van der Waals surface area contributed by atoms with E-state index < -0.39 is 0 Å². The first-order chi connectivity index (χ1) is 60.7. The first-order valence-electron chi connectivity index (χ1n) is 40.8. The van der Waals surface area contributed by atoms with Crippen molar-refractivity contribution in [2.24, 2.45) is 0 Å². The zero-order chi connectivity index (χ0) is 89.1. The van der Waals surface area contributed by atoms with Gasteiger partial charge in [0.25, 0.3) is 35.4 Å². The van der Waals surface area contributed by atoms with Crippen molar-refractivity contribution in [3.8, 4) is 5.75 Å². The summed E-state index contributed by atoms with van der Waals surface area (Å²) in [6, 6.07) is 90.1. The number of carbonyl (C=O) groups excluding carboxylic acids is 6. The third-order valence-corrected chi connectivity index (χ3v) is 22.4. The molecular weight excluding hydrogens is 1630 g/mol. The van der Waals surface area contributed by atoms with E-state index in [-0.39, 0.29) is 41.5 Å². The quantitative estimate of drug-likeness (QED) is 0.0592. The number of aryl methyl sites for hydroxylation is 11. The van der Waals surface area contributed by atoms with E-state index >= 15 is 0 Å². The maximum Gasteiger partial charge on any atom is 0.258 e. The predicted octanol–water partition coefficient (Wildman–Crippen LogP) is 25.3. The maximum atomic E-state index is 12.6. The van der Waals surface area contributed by atoms with Crippen molar-refractivity contribution >= 4 is 167 Å². The number of amides is 6. The highest BCUT2D eigenvalue weighted by Gasteiger charge is 2.19. The van der Waals surface area contributed by atoms with Crippen LogP contribution in [-0.4, -0.2) is 71.5 Å². The zero-order valence-electron chi connectivity index (χ0n) is 72.1. The molecule has 630 valence electrons. The highest BCUT2D eigenvalue weighted by atomic mass is 32.1. The van der Waals surface area contributed by atoms with E-state index in [1.165, 1.54) is 21.1 Å². The van der Waals surface area contributed by atoms with Gasteiger partial charge in [0, 0.05) is 93.3 Å². The molecule has 0 saturated carbocycles. The van der Waals surface area contributed by atoms with Crippen molar-refractivity contribution < 1.29 is 33.5 Å². The number of carbonyl (C=O) groups is 6. The number of aromatic nitrogens is 6. The van der Waals surface area contributed by atoms with Crippen LogP contribution in [0.3, 0.4) is 0 Å². The lowest BCUT2D eigenvalue weighted by Gasteiger charge is -2.11. The maximum absolute atomic E-state index is 12.6. The van der Waals surface area contributed by atoms with Crippen molar-refractivity contribution in [3.63, 3.8) is 0 Å². The lowest BCUT2D eigenvalue weighted by Crippen LogP contribution is -2.13. The molecule has 19 nitrogen and oxygen atoms in total. The van der Waals surface area contributed by atoms with Crippen molar-refractivity contribution in [3.05, 3.63) is 384 Å². The summed E-state index contributed by atoms with van der Waals surface area (Å²) in [7, 11) is 0. The van der Waals surface area contributed by atoms with Crippen molar-refractivity contribution in [2.75, 3.05) is 31.9 Å². The minimum absolute atomic E-state index is 0.115. The molecule has 0 spiro atoms. The summed E-state index contributed by atoms with van der Waals surface area (Å²) in [6.07, 6.45) is 0.121. The Morgan fingerprint density at radius 3 is 0.825 bits per heavy atom. The molecule has 18 rings (SSSR count). The third-order valence-electron chi connectivity index (χ3n) is 19.6. The molecule has 0 radical (unpaired) electrons. The monoisotopic (exact) mass is 1720 g/mol. The summed E-state index contributed by atoms with van der Waals surface area (Å²) in [6.45, 7) is 25.6. The zero-order valence-corrected chi connectivity index (χ0v) is 74.5. The molecule has 0 bridgehead atoms. The van der Waals surface area contributed by atoms with Crippen molar-refractivity contribution in [1.82, 2.24) is 29.9 Å². The van der Waals surface area contributed by atoms with Crippen LogP contribution in [0.25, 0.3) is 65.4 Å². The number of pyridine rings is 6. The van der Waals surface area contributed by atoms with Crippen molar-refractivity contribution in [1.29, 1.82) is 0 Å². The molecule has 0 fully saturated rings. The molecule has 9 aromatic heterocycles. The second-order valence-electron chi connectivity index (χ2n) is 30.4. The minimum atomic E-state index is -0.170. The van der Waals surface area contributed by atoms with E-state index in [4.69, 9.17) is 4.74 Å². The first kappa shape index (κ1) is 88.9. The summed E-state index contributed by atoms with van der Waals surface area (Å²) < 4.78 is 5.61. The van der Waals surface area contributed by atoms with Gasteiger partial charge < -0.3 is 36.6 Å². The first-order valence-corrected chi connectivity index (χ1v) is 43.4. The molecule has 6 N–H and O–H groups in total. The number of fused-ring (bicyclic) bond motifs is 6. The normalized spacial score (nSPS) is 10.7. The van der Waals surface area contributed by atoms with Crippen LogP contribution in [-0.2, 0) is 0 Å². The number of thiophene rings is 3. The van der Waals surface area contributed by atoms with Gasteiger partial charge >= 0.3 is 0 Å². The van der Waals surface area contributed by atoms with Crippen molar-refractivity contribution in [2.45, 2.75) is 96.1 Å². The van der Waals surface area contributed by atoms with Crippen LogP contribution in [0.1, 0.15) is 137 Å². The predicted molar refractivity (Wildman–Crippen MR) is 518 cm³/mol. The number of para-hydroxylation sites is 6. The number of anilines is 6. The average Bonchev–Trinajstić information content (AvgIpc) is 1.65. The van der Waals surface area contributed by atoms with E-state index in [0.29, 0.717) is 33.4 Å². The van der Waals surface area contributed by atoms with Gasteiger partial charge in [-0.25, -0.2) is 0 Å². The van der Waals surface area contributed by atoms with E-state index in [2.05, 4.69) is 61.8 Å². The van der Waals surface area contributed by atoms with Gasteiger partial charge in [0.15, 0.2) is 0 Å². The Morgan fingerprint density at radius 1 is 0.262 bits per heavy atom. The van der Waals surface area contributed by atoms with Crippen LogP contribution in [0, 0.1) is 76.2 Å². The van der Waals surface area contributed by atoms with Gasteiger partial charge in [-0.1, -0.05) is 139 Å².